The SMILES string of the molecule is CCOc1ccnc(N(CC(=O)O)CC(=O)O)n1. The van der Waals surface area contributed by atoms with Crippen LogP contribution in [0.2, 0.25) is 0 Å². The third-order valence-corrected chi connectivity index (χ3v) is 1.84. The van der Waals surface area contributed by atoms with Crippen molar-refractivity contribution in [1.29, 1.82) is 0 Å². The molecular weight excluding hydrogens is 242 g/mol. The van der Waals surface area contributed by atoms with E-state index in [-0.39, 0.29) is 11.8 Å². The van der Waals surface area contributed by atoms with E-state index >= 15 is 0 Å². The summed E-state index contributed by atoms with van der Waals surface area (Å²) in [5.74, 6) is -2.06. The predicted molar refractivity (Wildman–Crippen MR) is 60.7 cm³/mol. The summed E-state index contributed by atoms with van der Waals surface area (Å²) >= 11 is 0. The van der Waals surface area contributed by atoms with Gasteiger partial charge in [0.05, 0.1) is 6.61 Å². The van der Waals surface area contributed by atoms with Crippen molar-refractivity contribution in [2.45, 2.75) is 6.92 Å². The van der Waals surface area contributed by atoms with Crippen molar-refractivity contribution >= 4 is 17.9 Å². The maximum atomic E-state index is 10.7. The molecule has 8 nitrogen and oxygen atoms in total. The molecule has 0 atom stereocenters. The lowest BCUT2D eigenvalue weighted by Crippen LogP contribution is -2.35. The molecule has 0 unspecified atom stereocenters. The maximum absolute atomic E-state index is 10.7. The lowest BCUT2D eigenvalue weighted by atomic mass is 10.5. The van der Waals surface area contributed by atoms with E-state index in [9.17, 15) is 9.59 Å². The lowest BCUT2D eigenvalue weighted by Gasteiger charge is -2.18. The van der Waals surface area contributed by atoms with Crippen molar-refractivity contribution in [3.05, 3.63) is 12.3 Å². The van der Waals surface area contributed by atoms with Crippen molar-refractivity contribution in [1.82, 2.24) is 9.97 Å². The largest absolute Gasteiger partial charge is 0.480 e. The Morgan fingerprint density at radius 2 is 1.94 bits per heavy atom. The Bertz CT molecular complexity index is 421. The summed E-state index contributed by atoms with van der Waals surface area (Å²) in [6.45, 7) is 1.17. The minimum atomic E-state index is -1.17. The van der Waals surface area contributed by atoms with Gasteiger partial charge >= 0.3 is 11.9 Å². The molecule has 0 radical (unpaired) electrons. The number of aliphatic carboxylic acids is 2. The van der Waals surface area contributed by atoms with Crippen LogP contribution in [0.15, 0.2) is 12.3 Å². The van der Waals surface area contributed by atoms with Gasteiger partial charge in [-0.05, 0) is 6.92 Å². The molecule has 2 N–H and O–H groups in total. The number of rotatable bonds is 7. The average Bonchev–Trinajstić information content (AvgIpc) is 2.28. The van der Waals surface area contributed by atoms with Gasteiger partial charge in [-0.3, -0.25) is 9.59 Å². The molecule has 0 aliphatic carbocycles. The van der Waals surface area contributed by atoms with Gasteiger partial charge in [-0.1, -0.05) is 0 Å². The molecule has 0 aliphatic heterocycles. The molecule has 0 aromatic carbocycles. The van der Waals surface area contributed by atoms with Crippen molar-refractivity contribution in [3.63, 3.8) is 0 Å². The van der Waals surface area contributed by atoms with E-state index in [1.807, 2.05) is 0 Å². The number of hydrogen-bond acceptors (Lipinski definition) is 6. The molecule has 1 heterocycles. The molecule has 1 aromatic rings. The molecule has 1 rings (SSSR count). The number of nitrogens with zero attached hydrogens (tertiary/aromatic N) is 3. The van der Waals surface area contributed by atoms with Crippen LogP contribution in [0.5, 0.6) is 5.88 Å². The van der Waals surface area contributed by atoms with Crippen LogP contribution in [0.4, 0.5) is 5.95 Å². The van der Waals surface area contributed by atoms with Crippen molar-refractivity contribution in [3.8, 4) is 5.88 Å². The third-order valence-electron chi connectivity index (χ3n) is 1.84. The number of carboxylic acid groups (broad SMARTS) is 2. The van der Waals surface area contributed by atoms with Gasteiger partial charge in [-0.15, -0.1) is 0 Å². The van der Waals surface area contributed by atoms with Crippen LogP contribution in [0.3, 0.4) is 0 Å². The summed E-state index contributed by atoms with van der Waals surface area (Å²) < 4.78 is 5.13. The summed E-state index contributed by atoms with van der Waals surface area (Å²) in [4.78, 5) is 30.1. The maximum Gasteiger partial charge on any atom is 0.323 e. The second kappa shape index (κ2) is 6.38. The summed E-state index contributed by atoms with van der Waals surface area (Å²) in [5, 5.41) is 17.4. The van der Waals surface area contributed by atoms with Gasteiger partial charge in [0.2, 0.25) is 11.8 Å². The Hall–Kier alpha value is -2.38. The summed E-state index contributed by atoms with van der Waals surface area (Å²) in [6.07, 6.45) is 1.38. The highest BCUT2D eigenvalue weighted by atomic mass is 16.5. The first-order valence-electron chi connectivity index (χ1n) is 5.17. The van der Waals surface area contributed by atoms with E-state index in [0.717, 1.165) is 4.90 Å². The van der Waals surface area contributed by atoms with Gasteiger partial charge in [0.15, 0.2) is 0 Å². The van der Waals surface area contributed by atoms with E-state index in [0.29, 0.717) is 6.61 Å². The van der Waals surface area contributed by atoms with Crippen LogP contribution in [-0.4, -0.2) is 51.8 Å². The monoisotopic (exact) mass is 255 g/mol. The fourth-order valence-electron chi connectivity index (χ4n) is 1.24. The van der Waals surface area contributed by atoms with Crippen LogP contribution in [0.25, 0.3) is 0 Å². The molecular formula is C10H13N3O5. The highest BCUT2D eigenvalue weighted by Crippen LogP contribution is 2.12. The van der Waals surface area contributed by atoms with E-state index in [1.54, 1.807) is 6.92 Å². The quantitative estimate of drug-likeness (QED) is 0.691. The van der Waals surface area contributed by atoms with Crippen molar-refractivity contribution in [2.75, 3.05) is 24.6 Å². The van der Waals surface area contributed by atoms with Gasteiger partial charge in [0, 0.05) is 12.3 Å². The average molecular weight is 255 g/mol. The molecule has 0 fully saturated rings. The van der Waals surface area contributed by atoms with Gasteiger partial charge in [0.25, 0.3) is 0 Å². The number of carboxylic acids is 2. The number of ether oxygens (including phenoxy) is 1. The zero-order valence-electron chi connectivity index (χ0n) is 9.74. The number of anilines is 1. The first-order valence-corrected chi connectivity index (χ1v) is 5.17. The van der Waals surface area contributed by atoms with Gasteiger partial charge in [-0.25, -0.2) is 4.98 Å². The Morgan fingerprint density at radius 1 is 1.33 bits per heavy atom. The zero-order chi connectivity index (χ0) is 13.5. The highest BCUT2D eigenvalue weighted by molar-refractivity contribution is 5.78. The first-order chi connectivity index (χ1) is 8.52. The second-order valence-electron chi connectivity index (χ2n) is 3.27. The van der Waals surface area contributed by atoms with Gasteiger partial charge < -0.3 is 19.8 Å². The summed E-state index contributed by atoms with van der Waals surface area (Å²) in [7, 11) is 0. The Morgan fingerprint density at radius 3 is 2.44 bits per heavy atom. The third kappa shape index (κ3) is 4.24. The Balaban J connectivity index is 2.92. The van der Waals surface area contributed by atoms with Crippen molar-refractivity contribution < 1.29 is 24.5 Å². The molecule has 0 spiro atoms. The zero-order valence-corrected chi connectivity index (χ0v) is 9.74. The normalized spacial score (nSPS) is 9.83. The van der Waals surface area contributed by atoms with Gasteiger partial charge in [-0.2, -0.15) is 4.98 Å². The van der Waals surface area contributed by atoms with Crippen LogP contribution >= 0.6 is 0 Å². The number of carbonyl (C=O) groups is 2. The minimum Gasteiger partial charge on any atom is -0.480 e. The molecule has 0 saturated carbocycles. The van der Waals surface area contributed by atoms with Crippen LogP contribution in [-0.2, 0) is 9.59 Å². The molecule has 18 heavy (non-hydrogen) atoms. The fraction of sp³-hybridized carbons (Fsp3) is 0.400. The van der Waals surface area contributed by atoms with Crippen molar-refractivity contribution in [2.24, 2.45) is 0 Å². The van der Waals surface area contributed by atoms with Crippen LogP contribution in [0.1, 0.15) is 6.92 Å². The molecule has 0 bridgehead atoms. The second-order valence-corrected chi connectivity index (χ2v) is 3.27. The Kier molecular flexibility index (Phi) is 4.85. The Labute approximate surface area is 103 Å². The number of aromatic nitrogens is 2. The molecule has 98 valence electrons. The van der Waals surface area contributed by atoms with Crippen LogP contribution < -0.4 is 9.64 Å². The fourth-order valence-corrected chi connectivity index (χ4v) is 1.24. The highest BCUT2D eigenvalue weighted by Gasteiger charge is 2.17. The van der Waals surface area contributed by atoms with E-state index in [1.165, 1.54) is 12.3 Å². The summed E-state index contributed by atoms with van der Waals surface area (Å²) in [6, 6.07) is 1.51. The lowest BCUT2D eigenvalue weighted by molar-refractivity contribution is -0.136. The van der Waals surface area contributed by atoms with E-state index < -0.39 is 25.0 Å². The number of hydrogen-bond donors (Lipinski definition) is 2. The molecule has 8 heteroatoms. The molecule has 0 saturated heterocycles. The first kappa shape index (κ1) is 13.7. The van der Waals surface area contributed by atoms with Gasteiger partial charge in [0.1, 0.15) is 13.1 Å². The topological polar surface area (TPSA) is 113 Å². The summed E-state index contributed by atoms with van der Waals surface area (Å²) in [5.41, 5.74) is 0. The minimum absolute atomic E-state index is 0.00532. The standard InChI is InChI=1S/C10H13N3O5/c1-2-18-7-3-4-11-10(12-7)13(5-8(14)15)6-9(16)17/h3-4H,2,5-6H2,1H3,(H,14,15)(H,16,17). The molecule has 0 aliphatic rings. The molecule has 1 aromatic heterocycles. The smallest absolute Gasteiger partial charge is 0.323 e. The van der Waals surface area contributed by atoms with Crippen LogP contribution in [0, 0.1) is 0 Å². The van der Waals surface area contributed by atoms with E-state index in [2.05, 4.69) is 9.97 Å². The van der Waals surface area contributed by atoms with E-state index in [4.69, 9.17) is 14.9 Å². The predicted octanol–water partition coefficient (Wildman–Crippen LogP) is -0.149. The molecule has 0 amide bonds.